The Kier molecular flexibility index (Phi) is 5.64. The summed E-state index contributed by atoms with van der Waals surface area (Å²) in [6, 6.07) is 10.6. The standard InChI is InChI=1S/C21H19F4N3OS/c22-13-6-4-12(5-7-13)19(29)27-15-10-8-14(9-11-15)26-16-2-1-3-17-18(16)28-20(30-17)21(23,24)25/h1-7,14-15,26H,8-11H2,(H,27,29). The predicted octanol–water partition coefficient (Wildman–Crippen LogP) is 5.61. The van der Waals surface area contributed by atoms with Crippen molar-refractivity contribution in [2.24, 2.45) is 0 Å². The highest BCUT2D eigenvalue weighted by Gasteiger charge is 2.35. The molecule has 0 unspecified atom stereocenters. The van der Waals surface area contributed by atoms with E-state index < -0.39 is 17.0 Å². The first-order chi connectivity index (χ1) is 14.3. The van der Waals surface area contributed by atoms with Crippen LogP contribution in [0.3, 0.4) is 0 Å². The number of nitrogens with one attached hydrogen (secondary N) is 2. The van der Waals surface area contributed by atoms with Gasteiger partial charge in [0.2, 0.25) is 0 Å². The van der Waals surface area contributed by atoms with Gasteiger partial charge in [-0.1, -0.05) is 6.07 Å². The van der Waals surface area contributed by atoms with Crippen molar-refractivity contribution in [2.75, 3.05) is 5.32 Å². The number of carbonyl (C=O) groups excluding carboxylic acids is 1. The van der Waals surface area contributed by atoms with Crippen LogP contribution in [-0.4, -0.2) is 23.0 Å². The number of carbonyl (C=O) groups is 1. The van der Waals surface area contributed by atoms with Gasteiger partial charge in [-0.15, -0.1) is 11.3 Å². The summed E-state index contributed by atoms with van der Waals surface area (Å²) in [5.41, 5.74) is 1.34. The number of anilines is 1. The van der Waals surface area contributed by atoms with Crippen molar-refractivity contribution in [1.82, 2.24) is 10.3 Å². The summed E-state index contributed by atoms with van der Waals surface area (Å²) in [6.07, 6.45) is -1.44. The van der Waals surface area contributed by atoms with Crippen molar-refractivity contribution < 1.29 is 22.4 Å². The van der Waals surface area contributed by atoms with Crippen LogP contribution in [0.2, 0.25) is 0 Å². The Balaban J connectivity index is 1.36. The van der Waals surface area contributed by atoms with Gasteiger partial charge in [0, 0.05) is 17.6 Å². The summed E-state index contributed by atoms with van der Waals surface area (Å²) in [7, 11) is 0. The first-order valence-corrected chi connectivity index (χ1v) is 10.4. The van der Waals surface area contributed by atoms with E-state index in [2.05, 4.69) is 15.6 Å². The van der Waals surface area contributed by atoms with E-state index in [1.165, 1.54) is 24.3 Å². The molecule has 0 saturated heterocycles. The van der Waals surface area contributed by atoms with Gasteiger partial charge in [0.1, 0.15) is 11.3 Å². The molecule has 1 heterocycles. The van der Waals surface area contributed by atoms with E-state index in [1.54, 1.807) is 18.2 Å². The Morgan fingerprint density at radius 2 is 1.67 bits per heavy atom. The quantitative estimate of drug-likeness (QED) is 0.522. The van der Waals surface area contributed by atoms with Crippen LogP contribution in [-0.2, 0) is 6.18 Å². The van der Waals surface area contributed by atoms with Gasteiger partial charge in [-0.2, -0.15) is 13.2 Å². The van der Waals surface area contributed by atoms with Crippen LogP contribution in [0.5, 0.6) is 0 Å². The van der Waals surface area contributed by atoms with Gasteiger partial charge in [0.05, 0.1) is 10.4 Å². The molecule has 1 saturated carbocycles. The maximum Gasteiger partial charge on any atom is 0.443 e. The fourth-order valence-electron chi connectivity index (χ4n) is 3.66. The van der Waals surface area contributed by atoms with Crippen LogP contribution in [0.25, 0.3) is 10.2 Å². The lowest BCUT2D eigenvalue weighted by atomic mass is 9.90. The number of rotatable bonds is 4. The minimum absolute atomic E-state index is 0.00694. The van der Waals surface area contributed by atoms with Crippen molar-refractivity contribution in [3.05, 3.63) is 58.9 Å². The Morgan fingerprint density at radius 3 is 2.33 bits per heavy atom. The van der Waals surface area contributed by atoms with E-state index >= 15 is 0 Å². The zero-order valence-electron chi connectivity index (χ0n) is 15.8. The van der Waals surface area contributed by atoms with Crippen LogP contribution in [0, 0.1) is 5.82 Å². The Morgan fingerprint density at radius 1 is 1.00 bits per heavy atom. The predicted molar refractivity (Wildman–Crippen MR) is 108 cm³/mol. The molecule has 1 aliphatic carbocycles. The van der Waals surface area contributed by atoms with Crippen LogP contribution in [0.1, 0.15) is 41.0 Å². The number of hydrogen-bond acceptors (Lipinski definition) is 4. The maximum atomic E-state index is 13.0. The summed E-state index contributed by atoms with van der Waals surface area (Å²) >= 11 is 0.639. The number of nitrogens with zero attached hydrogens (tertiary/aromatic N) is 1. The van der Waals surface area contributed by atoms with E-state index in [0.717, 1.165) is 25.7 Å². The summed E-state index contributed by atoms with van der Waals surface area (Å²) in [5, 5.41) is 5.44. The highest BCUT2D eigenvalue weighted by molar-refractivity contribution is 7.18. The minimum Gasteiger partial charge on any atom is -0.381 e. The number of aromatic nitrogens is 1. The third kappa shape index (κ3) is 4.56. The number of benzene rings is 2. The molecule has 0 radical (unpaired) electrons. The van der Waals surface area contributed by atoms with Gasteiger partial charge < -0.3 is 10.6 Å². The lowest BCUT2D eigenvalue weighted by Crippen LogP contribution is -2.40. The molecule has 1 fully saturated rings. The molecule has 1 aliphatic rings. The smallest absolute Gasteiger partial charge is 0.381 e. The van der Waals surface area contributed by atoms with Gasteiger partial charge >= 0.3 is 6.18 Å². The number of hydrogen-bond donors (Lipinski definition) is 2. The van der Waals surface area contributed by atoms with Crippen LogP contribution in [0.15, 0.2) is 42.5 Å². The average Bonchev–Trinajstić information content (AvgIpc) is 3.16. The second-order valence-corrected chi connectivity index (χ2v) is 8.37. The third-order valence-electron chi connectivity index (χ3n) is 5.19. The molecule has 4 rings (SSSR count). The van der Waals surface area contributed by atoms with Gasteiger partial charge in [0.25, 0.3) is 5.91 Å². The maximum absolute atomic E-state index is 13.0. The fourth-order valence-corrected chi connectivity index (χ4v) is 4.52. The molecule has 0 spiro atoms. The van der Waals surface area contributed by atoms with Crippen LogP contribution >= 0.6 is 11.3 Å². The summed E-state index contributed by atoms with van der Waals surface area (Å²) in [4.78, 5) is 16.1. The van der Waals surface area contributed by atoms with Crippen molar-refractivity contribution >= 4 is 33.1 Å². The fraction of sp³-hybridized carbons (Fsp3) is 0.333. The highest BCUT2D eigenvalue weighted by atomic mass is 32.1. The van der Waals surface area contributed by atoms with Crippen molar-refractivity contribution in [1.29, 1.82) is 0 Å². The Hall–Kier alpha value is -2.68. The van der Waals surface area contributed by atoms with Crippen molar-refractivity contribution in [2.45, 2.75) is 43.9 Å². The van der Waals surface area contributed by atoms with E-state index in [1.807, 2.05) is 0 Å². The largest absolute Gasteiger partial charge is 0.443 e. The normalized spacial score (nSPS) is 19.6. The van der Waals surface area contributed by atoms with E-state index in [9.17, 15) is 22.4 Å². The second kappa shape index (κ2) is 8.22. The molecule has 2 N–H and O–H groups in total. The molecule has 4 nitrogen and oxygen atoms in total. The highest BCUT2D eigenvalue weighted by Crippen LogP contribution is 2.38. The summed E-state index contributed by atoms with van der Waals surface area (Å²) < 4.78 is 52.4. The van der Waals surface area contributed by atoms with E-state index in [0.29, 0.717) is 32.8 Å². The molecule has 1 amide bonds. The molecule has 0 aliphatic heterocycles. The lowest BCUT2D eigenvalue weighted by molar-refractivity contribution is -0.137. The number of halogens is 4. The third-order valence-corrected chi connectivity index (χ3v) is 6.26. The number of amides is 1. The van der Waals surface area contributed by atoms with Crippen LogP contribution in [0.4, 0.5) is 23.2 Å². The van der Waals surface area contributed by atoms with Crippen molar-refractivity contribution in [3.63, 3.8) is 0 Å². The molecular weight excluding hydrogens is 418 g/mol. The zero-order chi connectivity index (χ0) is 21.3. The molecule has 9 heteroatoms. The van der Waals surface area contributed by atoms with Gasteiger partial charge in [-0.05, 0) is 62.1 Å². The molecule has 0 atom stereocenters. The molecule has 0 bridgehead atoms. The minimum atomic E-state index is -4.46. The van der Waals surface area contributed by atoms with Gasteiger partial charge in [0.15, 0.2) is 5.01 Å². The second-order valence-electron chi connectivity index (χ2n) is 7.34. The van der Waals surface area contributed by atoms with E-state index in [4.69, 9.17) is 0 Å². The first kappa shape index (κ1) is 20.6. The SMILES string of the molecule is O=C(NC1CCC(Nc2cccc3sc(C(F)(F)F)nc23)CC1)c1ccc(F)cc1. The number of para-hydroxylation sites is 1. The number of fused-ring (bicyclic) bond motifs is 1. The molecule has 3 aromatic rings. The average molecular weight is 437 g/mol. The Labute approximate surface area is 174 Å². The van der Waals surface area contributed by atoms with Gasteiger partial charge in [-0.25, -0.2) is 9.37 Å². The molecule has 158 valence electrons. The lowest BCUT2D eigenvalue weighted by Gasteiger charge is -2.30. The first-order valence-electron chi connectivity index (χ1n) is 9.59. The molecular formula is C21H19F4N3OS. The molecule has 1 aromatic heterocycles. The Bertz CT molecular complexity index is 1040. The van der Waals surface area contributed by atoms with E-state index in [-0.39, 0.29) is 18.0 Å². The summed E-state index contributed by atoms with van der Waals surface area (Å²) in [6.45, 7) is 0. The van der Waals surface area contributed by atoms with Crippen LogP contribution < -0.4 is 10.6 Å². The number of thiazole rings is 1. The van der Waals surface area contributed by atoms with Crippen molar-refractivity contribution in [3.8, 4) is 0 Å². The summed E-state index contributed by atoms with van der Waals surface area (Å²) in [5.74, 6) is -0.631. The molecule has 2 aromatic carbocycles. The number of alkyl halides is 3. The topological polar surface area (TPSA) is 54.0 Å². The monoisotopic (exact) mass is 437 g/mol. The van der Waals surface area contributed by atoms with Gasteiger partial charge in [-0.3, -0.25) is 4.79 Å². The zero-order valence-corrected chi connectivity index (χ0v) is 16.6. The molecule has 30 heavy (non-hydrogen) atoms.